The number of esters is 1. The third-order valence-electron chi connectivity index (χ3n) is 5.91. The van der Waals surface area contributed by atoms with Gasteiger partial charge in [-0.3, -0.25) is 14.4 Å². The van der Waals surface area contributed by atoms with E-state index >= 15 is 0 Å². The van der Waals surface area contributed by atoms with E-state index in [1.165, 1.54) is 0 Å². The van der Waals surface area contributed by atoms with Crippen molar-refractivity contribution >= 4 is 33.7 Å². The van der Waals surface area contributed by atoms with Gasteiger partial charge in [0.25, 0.3) is 5.91 Å². The Balaban J connectivity index is 1.47. The Labute approximate surface area is 174 Å². The molecule has 2 aromatic carbocycles. The Bertz CT molecular complexity index is 1080. The molecular weight excluding hydrogens is 380 g/mol. The zero-order valence-electron chi connectivity index (χ0n) is 17.1. The summed E-state index contributed by atoms with van der Waals surface area (Å²) in [5, 5.41) is 4.06. The molecule has 0 radical (unpaired) electrons. The van der Waals surface area contributed by atoms with Crippen molar-refractivity contribution in [1.29, 1.82) is 0 Å². The van der Waals surface area contributed by atoms with Crippen LogP contribution >= 0.6 is 0 Å². The molecule has 0 atom stereocenters. The number of nitrogens with zero attached hydrogens (tertiary/aromatic N) is 1. The summed E-state index contributed by atoms with van der Waals surface area (Å²) in [6, 6.07) is 14.6. The first-order valence-corrected chi connectivity index (χ1v) is 10.5. The number of nitrogens with one attached hydrogen (secondary N) is 1. The monoisotopic (exact) mass is 406 g/mol. The van der Waals surface area contributed by atoms with Gasteiger partial charge in [0, 0.05) is 16.8 Å². The van der Waals surface area contributed by atoms with E-state index in [-0.39, 0.29) is 30.5 Å². The predicted molar refractivity (Wildman–Crippen MR) is 116 cm³/mol. The van der Waals surface area contributed by atoms with E-state index in [1.807, 2.05) is 24.3 Å². The van der Waals surface area contributed by atoms with E-state index in [1.54, 1.807) is 28.8 Å². The van der Waals surface area contributed by atoms with E-state index in [4.69, 9.17) is 4.74 Å². The number of para-hydroxylation sites is 2. The molecule has 0 aliphatic heterocycles. The highest BCUT2D eigenvalue weighted by Gasteiger charge is 2.20. The number of benzene rings is 2. The van der Waals surface area contributed by atoms with Crippen LogP contribution in [-0.4, -0.2) is 29.1 Å². The second-order valence-electron chi connectivity index (χ2n) is 8.13. The lowest BCUT2D eigenvalue weighted by Gasteiger charge is -2.26. The average Bonchev–Trinajstić information content (AvgIpc) is 2.77. The molecule has 1 aliphatic carbocycles. The highest BCUT2D eigenvalue weighted by atomic mass is 16.5. The van der Waals surface area contributed by atoms with E-state index in [0.717, 1.165) is 25.7 Å². The first-order valence-electron chi connectivity index (χ1n) is 10.5. The van der Waals surface area contributed by atoms with Crippen molar-refractivity contribution in [3.63, 3.8) is 0 Å². The van der Waals surface area contributed by atoms with Gasteiger partial charge in [0.1, 0.15) is 6.54 Å². The second-order valence-corrected chi connectivity index (χ2v) is 8.13. The Hall–Kier alpha value is -3.15. The number of amides is 1. The number of pyridine rings is 1. The van der Waals surface area contributed by atoms with Gasteiger partial charge in [0.15, 0.2) is 12.0 Å². The minimum Gasteiger partial charge on any atom is -0.454 e. The molecule has 1 aromatic heterocycles. The molecule has 0 unspecified atom stereocenters. The maximum absolute atomic E-state index is 12.8. The fraction of sp³-hybridized carbons (Fsp3) is 0.375. The molecule has 1 aliphatic rings. The van der Waals surface area contributed by atoms with Crippen LogP contribution in [-0.2, 0) is 20.9 Å². The zero-order chi connectivity index (χ0) is 21.1. The third-order valence-corrected chi connectivity index (χ3v) is 5.91. The quantitative estimate of drug-likeness (QED) is 0.520. The topological polar surface area (TPSA) is 77.4 Å². The number of fused-ring (bicyclic) bond motifs is 2. The predicted octanol–water partition coefficient (Wildman–Crippen LogP) is 3.39. The van der Waals surface area contributed by atoms with Crippen LogP contribution in [0.25, 0.3) is 21.8 Å². The summed E-state index contributed by atoms with van der Waals surface area (Å²) in [4.78, 5) is 37.5. The highest BCUT2D eigenvalue weighted by Crippen LogP contribution is 2.23. The van der Waals surface area contributed by atoms with E-state index in [9.17, 15) is 14.4 Å². The van der Waals surface area contributed by atoms with Crippen molar-refractivity contribution in [1.82, 2.24) is 9.88 Å². The van der Waals surface area contributed by atoms with Gasteiger partial charge in [-0.15, -0.1) is 0 Å². The molecule has 156 valence electrons. The van der Waals surface area contributed by atoms with Gasteiger partial charge in [-0.05, 0) is 55.9 Å². The van der Waals surface area contributed by atoms with Crippen molar-refractivity contribution < 1.29 is 14.3 Å². The third kappa shape index (κ3) is 4.22. The summed E-state index contributed by atoms with van der Waals surface area (Å²) >= 11 is 0. The molecule has 3 aromatic rings. The molecule has 1 heterocycles. The number of hydrogen-bond donors (Lipinski definition) is 1. The minimum atomic E-state index is -0.513. The van der Waals surface area contributed by atoms with Crippen LogP contribution in [0.4, 0.5) is 0 Å². The fourth-order valence-corrected chi connectivity index (χ4v) is 4.24. The van der Waals surface area contributed by atoms with Crippen LogP contribution in [0.5, 0.6) is 0 Å². The summed E-state index contributed by atoms with van der Waals surface area (Å²) in [7, 11) is 0. The Morgan fingerprint density at radius 3 is 2.13 bits per heavy atom. The second kappa shape index (κ2) is 8.69. The lowest BCUT2D eigenvalue weighted by molar-refractivity contribution is -0.149. The van der Waals surface area contributed by atoms with E-state index < -0.39 is 5.97 Å². The molecule has 1 N–H and O–H groups in total. The maximum atomic E-state index is 12.8. The number of hydrogen-bond acceptors (Lipinski definition) is 4. The molecule has 0 saturated heterocycles. The lowest BCUT2D eigenvalue weighted by atomic mass is 9.87. The number of aromatic nitrogens is 1. The number of rotatable bonds is 5. The van der Waals surface area contributed by atoms with Crippen molar-refractivity contribution in [3.05, 3.63) is 58.8 Å². The molecule has 1 amide bonds. The van der Waals surface area contributed by atoms with Crippen LogP contribution < -0.4 is 10.7 Å². The van der Waals surface area contributed by atoms with Crippen LogP contribution in [0.2, 0.25) is 0 Å². The van der Waals surface area contributed by atoms with Gasteiger partial charge in [0.05, 0.1) is 11.0 Å². The molecular formula is C24H26N2O4. The normalized spacial score (nSPS) is 19.0. The van der Waals surface area contributed by atoms with Crippen molar-refractivity contribution in [2.75, 3.05) is 6.61 Å². The van der Waals surface area contributed by atoms with E-state index in [0.29, 0.717) is 27.7 Å². The van der Waals surface area contributed by atoms with Crippen LogP contribution in [0, 0.1) is 5.92 Å². The Kier molecular flexibility index (Phi) is 5.84. The van der Waals surface area contributed by atoms with Gasteiger partial charge in [-0.1, -0.05) is 31.2 Å². The number of carbonyl (C=O) groups is 2. The summed E-state index contributed by atoms with van der Waals surface area (Å²) in [6.07, 6.45) is 4.15. The first-order chi connectivity index (χ1) is 14.5. The average molecular weight is 406 g/mol. The minimum absolute atomic E-state index is 0.0630. The van der Waals surface area contributed by atoms with Crippen molar-refractivity contribution in [2.45, 2.75) is 45.2 Å². The molecule has 6 heteroatoms. The van der Waals surface area contributed by atoms with E-state index in [2.05, 4.69) is 12.2 Å². The molecule has 1 fully saturated rings. The molecule has 4 rings (SSSR count). The Morgan fingerprint density at radius 1 is 0.967 bits per heavy atom. The molecule has 0 bridgehead atoms. The molecule has 0 spiro atoms. The first kappa shape index (κ1) is 20.1. The summed E-state index contributed by atoms with van der Waals surface area (Å²) in [5.41, 5.74) is 1.27. The summed E-state index contributed by atoms with van der Waals surface area (Å²) < 4.78 is 7.02. The molecule has 6 nitrogen and oxygen atoms in total. The van der Waals surface area contributed by atoms with Crippen LogP contribution in [0.15, 0.2) is 53.3 Å². The van der Waals surface area contributed by atoms with Gasteiger partial charge in [0.2, 0.25) is 0 Å². The smallest absolute Gasteiger partial charge is 0.326 e. The van der Waals surface area contributed by atoms with Gasteiger partial charge >= 0.3 is 5.97 Å². The van der Waals surface area contributed by atoms with Crippen LogP contribution in [0.1, 0.15) is 32.6 Å². The maximum Gasteiger partial charge on any atom is 0.326 e. The standard InChI is InChI=1S/C24H26N2O4/c1-16-10-12-17(13-11-16)25-22(27)15-30-23(28)14-26-20-8-4-2-6-18(20)24(29)19-7-3-5-9-21(19)26/h2-9,16-17H,10-15H2,1H3,(H,25,27). The van der Waals surface area contributed by atoms with Crippen molar-refractivity contribution in [3.8, 4) is 0 Å². The molecule has 1 saturated carbocycles. The number of ether oxygens (including phenoxy) is 1. The van der Waals surface area contributed by atoms with Crippen LogP contribution in [0.3, 0.4) is 0 Å². The number of carbonyl (C=O) groups excluding carboxylic acids is 2. The lowest BCUT2D eigenvalue weighted by Crippen LogP contribution is -2.39. The summed E-state index contributed by atoms with van der Waals surface area (Å²) in [6.45, 7) is 1.86. The Morgan fingerprint density at radius 2 is 1.53 bits per heavy atom. The van der Waals surface area contributed by atoms with Gasteiger partial charge in [-0.25, -0.2) is 0 Å². The summed E-state index contributed by atoms with van der Waals surface area (Å²) in [5.74, 6) is -0.0722. The fourth-order valence-electron chi connectivity index (χ4n) is 4.24. The largest absolute Gasteiger partial charge is 0.454 e. The highest BCUT2D eigenvalue weighted by molar-refractivity contribution is 5.94. The SMILES string of the molecule is CC1CCC(NC(=O)COC(=O)Cn2c3ccccc3c(=O)c3ccccc32)CC1. The molecule has 30 heavy (non-hydrogen) atoms. The van der Waals surface area contributed by atoms with Gasteiger partial charge in [-0.2, -0.15) is 0 Å². The zero-order valence-corrected chi connectivity index (χ0v) is 17.1. The van der Waals surface area contributed by atoms with Gasteiger partial charge < -0.3 is 14.6 Å². The van der Waals surface area contributed by atoms with Crippen molar-refractivity contribution in [2.24, 2.45) is 5.92 Å².